The first kappa shape index (κ1) is 8.23. The van der Waals surface area contributed by atoms with Gasteiger partial charge in [-0.15, -0.1) is 0 Å². The molecule has 0 saturated heterocycles. The van der Waals surface area contributed by atoms with Crippen LogP contribution in [0.25, 0.3) is 0 Å². The van der Waals surface area contributed by atoms with Gasteiger partial charge in [-0.2, -0.15) is 4.40 Å². The van der Waals surface area contributed by atoms with Gasteiger partial charge in [0.1, 0.15) is 0 Å². The van der Waals surface area contributed by atoms with Crippen molar-refractivity contribution in [3.05, 3.63) is 23.2 Å². The van der Waals surface area contributed by atoms with E-state index in [-0.39, 0.29) is 0 Å². The number of fused-ring (bicyclic) bond motifs is 1. The zero-order valence-electron chi connectivity index (χ0n) is 5.84. The standard InChI is InChI=1S/C7H4Cl2N2S/c8-4-1-2-5-6(3-4)12-11-7(9)10-5/h1-3H,(H,10,11). The normalized spacial score (nSPS) is 14.7. The smallest absolute Gasteiger partial charge is 0.207 e. The largest absolute Gasteiger partial charge is 0.329 e. The van der Waals surface area contributed by atoms with E-state index in [1.165, 1.54) is 11.9 Å². The van der Waals surface area contributed by atoms with Gasteiger partial charge >= 0.3 is 0 Å². The second kappa shape index (κ2) is 3.17. The van der Waals surface area contributed by atoms with Gasteiger partial charge in [0, 0.05) is 17.0 Å². The Hall–Kier alpha value is -0.380. The minimum atomic E-state index is 0.398. The Morgan fingerprint density at radius 1 is 1.33 bits per heavy atom. The summed E-state index contributed by atoms with van der Waals surface area (Å²) in [5.74, 6) is 0. The van der Waals surface area contributed by atoms with E-state index in [1.807, 2.05) is 18.2 Å². The molecule has 0 bridgehead atoms. The number of anilines is 1. The average molecular weight is 219 g/mol. The van der Waals surface area contributed by atoms with Gasteiger partial charge in [0.25, 0.3) is 0 Å². The van der Waals surface area contributed by atoms with Crippen LogP contribution in [-0.4, -0.2) is 5.29 Å². The first-order chi connectivity index (χ1) is 5.75. The molecule has 5 heteroatoms. The third-order valence-electron chi connectivity index (χ3n) is 1.41. The predicted molar refractivity (Wildman–Crippen MR) is 54.2 cm³/mol. The lowest BCUT2D eigenvalue weighted by molar-refractivity contribution is 1.42. The number of nitrogens with one attached hydrogen (secondary N) is 1. The van der Waals surface area contributed by atoms with Gasteiger partial charge in [0.15, 0.2) is 0 Å². The van der Waals surface area contributed by atoms with Crippen LogP contribution in [0.4, 0.5) is 5.69 Å². The molecule has 1 aromatic carbocycles. The number of nitrogens with zero attached hydrogens (tertiary/aromatic N) is 1. The van der Waals surface area contributed by atoms with Gasteiger partial charge in [-0.25, -0.2) is 0 Å². The molecule has 0 aliphatic carbocycles. The van der Waals surface area contributed by atoms with E-state index in [9.17, 15) is 0 Å². The molecule has 0 fully saturated rings. The molecule has 1 aliphatic rings. The summed E-state index contributed by atoms with van der Waals surface area (Å²) in [6.07, 6.45) is 0. The number of amidine groups is 1. The summed E-state index contributed by atoms with van der Waals surface area (Å²) in [6.45, 7) is 0. The van der Waals surface area contributed by atoms with Crippen molar-refractivity contribution in [1.82, 2.24) is 0 Å². The molecule has 0 spiro atoms. The second-order valence-electron chi connectivity index (χ2n) is 2.24. The maximum Gasteiger partial charge on any atom is 0.207 e. The highest BCUT2D eigenvalue weighted by atomic mass is 35.5. The van der Waals surface area contributed by atoms with Crippen molar-refractivity contribution >= 4 is 46.1 Å². The van der Waals surface area contributed by atoms with Crippen molar-refractivity contribution in [2.24, 2.45) is 4.40 Å². The zero-order valence-corrected chi connectivity index (χ0v) is 8.17. The Balaban J connectivity index is 2.43. The fraction of sp³-hybridized carbons (Fsp3) is 0. The number of rotatable bonds is 0. The first-order valence-electron chi connectivity index (χ1n) is 3.23. The highest BCUT2D eigenvalue weighted by molar-refractivity contribution is 7.98. The van der Waals surface area contributed by atoms with Crippen LogP contribution in [0.1, 0.15) is 0 Å². The summed E-state index contributed by atoms with van der Waals surface area (Å²) in [6, 6.07) is 5.53. The molecule has 0 saturated carbocycles. The van der Waals surface area contributed by atoms with Gasteiger partial charge in [-0.3, -0.25) is 0 Å². The Morgan fingerprint density at radius 2 is 2.17 bits per heavy atom. The first-order valence-corrected chi connectivity index (χ1v) is 4.76. The van der Waals surface area contributed by atoms with Crippen LogP contribution in [0.2, 0.25) is 5.02 Å². The van der Waals surface area contributed by atoms with E-state index in [1.54, 1.807) is 0 Å². The molecule has 2 nitrogen and oxygen atoms in total. The number of halogens is 2. The van der Waals surface area contributed by atoms with Crippen LogP contribution in [0.15, 0.2) is 27.5 Å². The third-order valence-corrected chi connectivity index (χ3v) is 2.73. The maximum absolute atomic E-state index is 5.79. The predicted octanol–water partition coefficient (Wildman–Crippen LogP) is 3.37. The van der Waals surface area contributed by atoms with Crippen LogP contribution in [0.3, 0.4) is 0 Å². The van der Waals surface area contributed by atoms with Crippen LogP contribution in [0.5, 0.6) is 0 Å². The molecule has 0 unspecified atom stereocenters. The van der Waals surface area contributed by atoms with Gasteiger partial charge < -0.3 is 5.32 Å². The molecular weight excluding hydrogens is 215 g/mol. The molecule has 2 rings (SSSR count). The Kier molecular flexibility index (Phi) is 2.17. The van der Waals surface area contributed by atoms with Crippen LogP contribution < -0.4 is 5.32 Å². The number of hydrogen-bond acceptors (Lipinski definition) is 3. The molecule has 12 heavy (non-hydrogen) atoms. The zero-order chi connectivity index (χ0) is 8.55. The lowest BCUT2D eigenvalue weighted by atomic mass is 10.3. The van der Waals surface area contributed by atoms with E-state index in [0.717, 1.165) is 10.6 Å². The monoisotopic (exact) mass is 218 g/mol. The molecule has 0 radical (unpaired) electrons. The van der Waals surface area contributed by atoms with Crippen molar-refractivity contribution in [3.8, 4) is 0 Å². The fourth-order valence-electron chi connectivity index (χ4n) is 0.898. The van der Waals surface area contributed by atoms with Gasteiger partial charge in [-0.05, 0) is 29.8 Å². The van der Waals surface area contributed by atoms with E-state index in [4.69, 9.17) is 23.2 Å². The Bertz CT molecular complexity index is 351. The minimum absolute atomic E-state index is 0.398. The average Bonchev–Trinajstić information content (AvgIpc) is 2.05. The Labute approximate surface area is 84.1 Å². The molecule has 0 amide bonds. The lowest BCUT2D eigenvalue weighted by Crippen LogP contribution is -2.07. The lowest BCUT2D eigenvalue weighted by Gasteiger charge is -2.12. The summed E-state index contributed by atoms with van der Waals surface area (Å²) in [5, 5.41) is 4.03. The van der Waals surface area contributed by atoms with Crippen molar-refractivity contribution in [2.75, 3.05) is 5.32 Å². The minimum Gasteiger partial charge on any atom is -0.329 e. The topological polar surface area (TPSA) is 24.4 Å². The summed E-state index contributed by atoms with van der Waals surface area (Å²) in [7, 11) is 0. The number of hydrogen-bond donors (Lipinski definition) is 1. The van der Waals surface area contributed by atoms with Crippen molar-refractivity contribution in [3.63, 3.8) is 0 Å². The second-order valence-corrected chi connectivity index (χ2v) is 3.84. The summed E-state index contributed by atoms with van der Waals surface area (Å²) < 4.78 is 3.94. The fourth-order valence-corrected chi connectivity index (χ4v) is 1.96. The van der Waals surface area contributed by atoms with Crippen molar-refractivity contribution < 1.29 is 0 Å². The third kappa shape index (κ3) is 1.53. The molecule has 1 aromatic rings. The highest BCUT2D eigenvalue weighted by Crippen LogP contribution is 2.34. The molecule has 1 N–H and O–H groups in total. The van der Waals surface area contributed by atoms with Crippen LogP contribution in [0, 0.1) is 0 Å². The van der Waals surface area contributed by atoms with Crippen LogP contribution >= 0.6 is 35.1 Å². The van der Waals surface area contributed by atoms with Gasteiger partial charge in [-0.1, -0.05) is 11.6 Å². The van der Waals surface area contributed by atoms with E-state index in [0.29, 0.717) is 10.3 Å². The van der Waals surface area contributed by atoms with Crippen molar-refractivity contribution in [2.45, 2.75) is 4.90 Å². The molecule has 62 valence electrons. The Morgan fingerprint density at radius 3 is 3.00 bits per heavy atom. The summed E-state index contributed by atoms with van der Waals surface area (Å²) >= 11 is 12.8. The molecular formula is C7H4Cl2N2S. The summed E-state index contributed by atoms with van der Waals surface area (Å²) in [5.41, 5.74) is 0.949. The molecule has 1 aliphatic heterocycles. The molecule has 0 atom stereocenters. The maximum atomic E-state index is 5.79. The van der Waals surface area contributed by atoms with Gasteiger partial charge in [0.05, 0.1) is 10.6 Å². The van der Waals surface area contributed by atoms with Crippen LogP contribution in [-0.2, 0) is 0 Å². The SMILES string of the molecule is ClC1=NSc2cc(Cl)ccc2N1. The molecule has 0 aromatic heterocycles. The van der Waals surface area contributed by atoms with Gasteiger partial charge in [0.2, 0.25) is 5.29 Å². The summed E-state index contributed by atoms with van der Waals surface area (Å²) in [4.78, 5) is 0.993. The van der Waals surface area contributed by atoms with E-state index >= 15 is 0 Å². The highest BCUT2D eigenvalue weighted by Gasteiger charge is 2.10. The van der Waals surface area contributed by atoms with E-state index < -0.39 is 0 Å². The van der Waals surface area contributed by atoms with Crippen molar-refractivity contribution in [1.29, 1.82) is 0 Å². The quantitative estimate of drug-likeness (QED) is 0.534. The molecule has 1 heterocycles. The van der Waals surface area contributed by atoms with E-state index in [2.05, 4.69) is 9.71 Å². The number of benzene rings is 1.